The van der Waals surface area contributed by atoms with Crippen molar-refractivity contribution in [1.82, 2.24) is 9.78 Å². The molecule has 3 unspecified atom stereocenters. The fraction of sp³-hybridized carbons (Fsp3) is 0.765. The fourth-order valence-electron chi connectivity index (χ4n) is 4.14. The van der Waals surface area contributed by atoms with Gasteiger partial charge in [0.25, 0.3) is 5.56 Å². The Morgan fingerprint density at radius 3 is 2.96 bits per heavy atom. The predicted octanol–water partition coefficient (Wildman–Crippen LogP) is 3.10. The highest BCUT2D eigenvalue weighted by atomic mass is 35.5. The van der Waals surface area contributed by atoms with Gasteiger partial charge in [0, 0.05) is 19.1 Å². The van der Waals surface area contributed by atoms with Gasteiger partial charge in [0.05, 0.1) is 24.5 Å². The molecule has 3 atom stereocenters. The van der Waals surface area contributed by atoms with Crippen LogP contribution in [0.1, 0.15) is 44.6 Å². The van der Waals surface area contributed by atoms with Crippen molar-refractivity contribution >= 4 is 17.3 Å². The molecule has 4 rings (SSSR count). The van der Waals surface area contributed by atoms with Crippen molar-refractivity contribution < 1.29 is 4.74 Å². The molecule has 1 N–H and O–H groups in total. The highest BCUT2D eigenvalue weighted by molar-refractivity contribution is 6.32. The zero-order chi connectivity index (χ0) is 15.8. The van der Waals surface area contributed by atoms with Crippen molar-refractivity contribution in [3.8, 4) is 0 Å². The normalized spacial score (nSPS) is 30.7. The highest BCUT2D eigenvalue weighted by Gasteiger charge is 2.45. The number of ether oxygens (including phenoxy) is 1. The molecule has 3 aliphatic rings. The summed E-state index contributed by atoms with van der Waals surface area (Å²) in [5, 5.41) is 7.98. The van der Waals surface area contributed by atoms with Crippen LogP contribution in [0.15, 0.2) is 11.0 Å². The molecule has 5 nitrogen and oxygen atoms in total. The summed E-state index contributed by atoms with van der Waals surface area (Å²) in [5.41, 5.74) is 0.499. The van der Waals surface area contributed by atoms with Gasteiger partial charge in [0.2, 0.25) is 0 Å². The SMILES string of the molecule is O=c1c(Cl)c(NCC2COCC3CC23)cnn1C1CCCCC1. The molecule has 126 valence electrons. The van der Waals surface area contributed by atoms with Gasteiger partial charge in [0.1, 0.15) is 5.02 Å². The Kier molecular flexibility index (Phi) is 4.33. The number of rotatable bonds is 4. The summed E-state index contributed by atoms with van der Waals surface area (Å²) in [4.78, 5) is 12.5. The average Bonchev–Trinajstić information content (AvgIpc) is 3.37. The molecule has 1 aliphatic heterocycles. The third-order valence-corrected chi connectivity index (χ3v) is 6.03. The van der Waals surface area contributed by atoms with Crippen LogP contribution < -0.4 is 10.9 Å². The number of nitrogens with one attached hydrogen (secondary N) is 1. The lowest BCUT2D eigenvalue weighted by molar-refractivity contribution is 0.0517. The molecule has 1 aromatic heterocycles. The number of halogens is 1. The third-order valence-electron chi connectivity index (χ3n) is 5.67. The number of anilines is 1. The van der Waals surface area contributed by atoms with Gasteiger partial charge in [-0.05, 0) is 31.1 Å². The topological polar surface area (TPSA) is 56.1 Å². The van der Waals surface area contributed by atoms with Gasteiger partial charge >= 0.3 is 0 Å². The van der Waals surface area contributed by atoms with Gasteiger partial charge in [-0.15, -0.1) is 0 Å². The Bertz CT molecular complexity index is 627. The lowest BCUT2D eigenvalue weighted by Gasteiger charge is -2.24. The summed E-state index contributed by atoms with van der Waals surface area (Å²) in [6.45, 7) is 2.52. The molecule has 3 fully saturated rings. The number of fused-ring (bicyclic) bond motifs is 1. The minimum Gasteiger partial charge on any atom is -0.382 e. The Balaban J connectivity index is 1.44. The first-order valence-electron chi connectivity index (χ1n) is 8.83. The van der Waals surface area contributed by atoms with E-state index in [-0.39, 0.29) is 16.6 Å². The van der Waals surface area contributed by atoms with Crippen molar-refractivity contribution in [3.63, 3.8) is 0 Å². The predicted molar refractivity (Wildman–Crippen MR) is 90.0 cm³/mol. The summed E-state index contributed by atoms with van der Waals surface area (Å²) in [6, 6.07) is 0.210. The van der Waals surface area contributed by atoms with E-state index in [0.29, 0.717) is 11.6 Å². The number of aromatic nitrogens is 2. The van der Waals surface area contributed by atoms with Crippen molar-refractivity contribution in [2.45, 2.75) is 44.6 Å². The fourth-order valence-corrected chi connectivity index (χ4v) is 4.34. The van der Waals surface area contributed by atoms with Crippen LogP contribution in [-0.4, -0.2) is 29.5 Å². The smallest absolute Gasteiger partial charge is 0.287 e. The molecular formula is C17H24ClN3O2. The van der Waals surface area contributed by atoms with Gasteiger partial charge < -0.3 is 10.1 Å². The van der Waals surface area contributed by atoms with Crippen LogP contribution in [0.25, 0.3) is 0 Å². The number of nitrogens with zero attached hydrogens (tertiary/aromatic N) is 2. The van der Waals surface area contributed by atoms with E-state index in [4.69, 9.17) is 16.3 Å². The second-order valence-electron chi connectivity index (χ2n) is 7.25. The quantitative estimate of drug-likeness (QED) is 0.917. The molecule has 2 heterocycles. The maximum Gasteiger partial charge on any atom is 0.287 e. The first-order chi connectivity index (χ1) is 11.2. The molecule has 0 spiro atoms. The van der Waals surface area contributed by atoms with Gasteiger partial charge in [0.15, 0.2) is 0 Å². The summed E-state index contributed by atoms with van der Waals surface area (Å²) in [6.07, 6.45) is 8.64. The van der Waals surface area contributed by atoms with E-state index in [1.165, 1.54) is 25.7 Å². The first-order valence-corrected chi connectivity index (χ1v) is 9.21. The van der Waals surface area contributed by atoms with Crippen molar-refractivity contribution in [1.29, 1.82) is 0 Å². The summed E-state index contributed by atoms with van der Waals surface area (Å²) < 4.78 is 7.21. The first kappa shape index (κ1) is 15.5. The van der Waals surface area contributed by atoms with Gasteiger partial charge in [-0.25, -0.2) is 4.68 Å². The average molecular weight is 338 g/mol. The van der Waals surface area contributed by atoms with Crippen LogP contribution in [0.5, 0.6) is 0 Å². The largest absolute Gasteiger partial charge is 0.382 e. The molecule has 2 aliphatic carbocycles. The molecule has 0 radical (unpaired) electrons. The van der Waals surface area contributed by atoms with Crippen LogP contribution in [0.4, 0.5) is 5.69 Å². The van der Waals surface area contributed by atoms with Crippen LogP contribution in [-0.2, 0) is 4.74 Å². The Hall–Kier alpha value is -1.07. The lowest BCUT2D eigenvalue weighted by Crippen LogP contribution is -2.31. The molecule has 1 saturated heterocycles. The van der Waals surface area contributed by atoms with Crippen LogP contribution >= 0.6 is 11.6 Å². The molecule has 0 bridgehead atoms. The van der Waals surface area contributed by atoms with E-state index in [9.17, 15) is 4.79 Å². The van der Waals surface area contributed by atoms with Crippen molar-refractivity contribution in [2.75, 3.05) is 25.1 Å². The minimum absolute atomic E-state index is 0.159. The highest BCUT2D eigenvalue weighted by Crippen LogP contribution is 2.47. The number of hydrogen-bond acceptors (Lipinski definition) is 4. The second-order valence-corrected chi connectivity index (χ2v) is 7.63. The molecule has 1 aromatic rings. The van der Waals surface area contributed by atoms with E-state index < -0.39 is 0 Å². The zero-order valence-electron chi connectivity index (χ0n) is 13.3. The molecule has 6 heteroatoms. The summed E-state index contributed by atoms with van der Waals surface area (Å²) in [5.74, 6) is 2.06. The van der Waals surface area contributed by atoms with E-state index in [0.717, 1.165) is 44.4 Å². The van der Waals surface area contributed by atoms with Gasteiger partial charge in [-0.1, -0.05) is 30.9 Å². The maximum atomic E-state index is 12.5. The molecule has 2 saturated carbocycles. The lowest BCUT2D eigenvalue weighted by atomic mass is 9.96. The van der Waals surface area contributed by atoms with Crippen molar-refractivity contribution in [2.24, 2.45) is 17.8 Å². The molecule has 0 amide bonds. The molecule has 0 aromatic carbocycles. The van der Waals surface area contributed by atoms with Crippen LogP contribution in [0.2, 0.25) is 5.02 Å². The zero-order valence-corrected chi connectivity index (χ0v) is 14.1. The van der Waals surface area contributed by atoms with Gasteiger partial charge in [-0.2, -0.15) is 5.10 Å². The number of hydrogen-bond donors (Lipinski definition) is 1. The van der Waals surface area contributed by atoms with Gasteiger partial charge in [-0.3, -0.25) is 4.79 Å². The Morgan fingerprint density at radius 1 is 1.30 bits per heavy atom. The van der Waals surface area contributed by atoms with Crippen molar-refractivity contribution in [3.05, 3.63) is 21.6 Å². The van der Waals surface area contributed by atoms with E-state index in [1.54, 1.807) is 10.9 Å². The minimum atomic E-state index is -0.159. The van der Waals surface area contributed by atoms with E-state index >= 15 is 0 Å². The summed E-state index contributed by atoms with van der Waals surface area (Å²) in [7, 11) is 0. The standard InChI is InChI=1S/C17H24ClN3O2/c18-16-15(19-7-12-10-23-9-11-6-14(11)12)8-20-21(17(16)22)13-4-2-1-3-5-13/h8,11-14,19H,1-7,9-10H2. The Morgan fingerprint density at radius 2 is 2.13 bits per heavy atom. The van der Waals surface area contributed by atoms with E-state index in [1.807, 2.05) is 0 Å². The second kappa shape index (κ2) is 6.44. The summed E-state index contributed by atoms with van der Waals surface area (Å²) >= 11 is 6.32. The Labute approximate surface area is 141 Å². The monoisotopic (exact) mass is 337 g/mol. The molecule has 23 heavy (non-hydrogen) atoms. The molecular weight excluding hydrogens is 314 g/mol. The van der Waals surface area contributed by atoms with E-state index in [2.05, 4.69) is 10.4 Å². The maximum absolute atomic E-state index is 12.5. The van der Waals surface area contributed by atoms with Crippen LogP contribution in [0, 0.1) is 17.8 Å². The van der Waals surface area contributed by atoms with Crippen LogP contribution in [0.3, 0.4) is 0 Å². The third kappa shape index (κ3) is 3.13.